The van der Waals surface area contributed by atoms with Crippen LogP contribution in [0.2, 0.25) is 18.1 Å². The smallest absolute Gasteiger partial charge is 0.407 e. The predicted octanol–water partition coefficient (Wildman–Crippen LogP) is 4.44. The number of methoxy groups -OCH3 is 1. The minimum absolute atomic E-state index is 0.188. The van der Waals surface area contributed by atoms with Gasteiger partial charge in [0.05, 0.1) is 19.3 Å². The third-order valence-electron chi connectivity index (χ3n) is 6.18. The second kappa shape index (κ2) is 8.84. The lowest BCUT2D eigenvalue weighted by atomic mass is 10.0. The monoisotopic (exact) mass is 408 g/mol. The number of rotatable bonds is 7. The van der Waals surface area contributed by atoms with E-state index in [9.17, 15) is 9.90 Å². The summed E-state index contributed by atoms with van der Waals surface area (Å²) >= 11 is 0. The zero-order valence-electron chi connectivity index (χ0n) is 18.4. The van der Waals surface area contributed by atoms with Gasteiger partial charge in [-0.3, -0.25) is 4.90 Å². The molecule has 2 rings (SSSR count). The standard InChI is InChI=1S/C21H36N2O4Si/c1-21(2,3)28(6,7)27-18-11-12-23(14-18)15-19(22(4)20(24)25)16-9-8-10-17(13-16)26-5/h8-10,13,18-19H,11-12,14-15H2,1-7H3,(H,24,25)/t18?,19-/m1/s1. The molecule has 0 saturated carbocycles. The highest BCUT2D eigenvalue weighted by atomic mass is 28.4. The predicted molar refractivity (Wildman–Crippen MR) is 115 cm³/mol. The second-order valence-electron chi connectivity index (χ2n) is 9.23. The number of carboxylic acid groups (broad SMARTS) is 1. The van der Waals surface area contributed by atoms with Gasteiger partial charge in [0, 0.05) is 26.7 Å². The van der Waals surface area contributed by atoms with Crippen molar-refractivity contribution in [3.8, 4) is 5.75 Å². The van der Waals surface area contributed by atoms with Crippen molar-refractivity contribution in [2.24, 2.45) is 0 Å². The maximum atomic E-state index is 11.7. The molecule has 6 nitrogen and oxygen atoms in total. The van der Waals surface area contributed by atoms with Crippen molar-refractivity contribution in [2.45, 2.75) is 57.5 Å². The van der Waals surface area contributed by atoms with E-state index in [-0.39, 0.29) is 17.2 Å². The molecule has 158 valence electrons. The van der Waals surface area contributed by atoms with E-state index in [1.807, 2.05) is 24.3 Å². The summed E-state index contributed by atoms with van der Waals surface area (Å²) in [5.41, 5.74) is 0.943. The second-order valence-corrected chi connectivity index (χ2v) is 14.0. The summed E-state index contributed by atoms with van der Waals surface area (Å²) in [5, 5.41) is 9.75. The molecule has 1 fully saturated rings. The molecule has 1 aromatic rings. The average molecular weight is 409 g/mol. The van der Waals surface area contributed by atoms with Crippen LogP contribution < -0.4 is 4.74 Å². The summed E-state index contributed by atoms with van der Waals surface area (Å²) in [5.74, 6) is 0.738. The van der Waals surface area contributed by atoms with Crippen LogP contribution in [0, 0.1) is 0 Å². The molecule has 0 radical (unpaired) electrons. The molecule has 1 saturated heterocycles. The zero-order valence-corrected chi connectivity index (χ0v) is 19.4. The Hall–Kier alpha value is -1.57. The lowest BCUT2D eigenvalue weighted by molar-refractivity contribution is 0.121. The molecule has 28 heavy (non-hydrogen) atoms. The molecular formula is C21H36N2O4Si. The van der Waals surface area contributed by atoms with Crippen LogP contribution >= 0.6 is 0 Å². The Balaban J connectivity index is 2.10. The van der Waals surface area contributed by atoms with E-state index in [1.165, 1.54) is 4.90 Å². The molecule has 7 heteroatoms. The molecule has 0 aliphatic carbocycles. The first kappa shape index (κ1) is 22.7. The van der Waals surface area contributed by atoms with Crippen molar-refractivity contribution >= 4 is 14.4 Å². The number of hydrogen-bond donors (Lipinski definition) is 1. The molecule has 1 unspecified atom stereocenters. The van der Waals surface area contributed by atoms with Crippen LogP contribution in [0.15, 0.2) is 24.3 Å². The van der Waals surface area contributed by atoms with Crippen LogP contribution in [0.1, 0.15) is 38.8 Å². The van der Waals surface area contributed by atoms with Crippen molar-refractivity contribution in [2.75, 3.05) is 33.8 Å². The first-order valence-electron chi connectivity index (χ1n) is 9.94. The molecule has 1 aliphatic heterocycles. The number of ether oxygens (including phenoxy) is 1. The molecule has 0 aromatic heterocycles. The lowest BCUT2D eigenvalue weighted by Crippen LogP contribution is -2.45. The molecule has 0 bridgehead atoms. The number of likely N-dealkylation sites (tertiary alicyclic amines) is 1. The van der Waals surface area contributed by atoms with E-state index < -0.39 is 14.4 Å². The first-order valence-corrected chi connectivity index (χ1v) is 12.9. The van der Waals surface area contributed by atoms with Gasteiger partial charge < -0.3 is 19.2 Å². The van der Waals surface area contributed by atoms with Gasteiger partial charge in [0.1, 0.15) is 5.75 Å². The van der Waals surface area contributed by atoms with Crippen LogP contribution in [0.3, 0.4) is 0 Å². The zero-order chi connectivity index (χ0) is 21.1. The van der Waals surface area contributed by atoms with Gasteiger partial charge in [-0.05, 0) is 42.2 Å². The summed E-state index contributed by atoms with van der Waals surface area (Å²) in [6.07, 6.45) is 0.289. The van der Waals surface area contributed by atoms with Crippen LogP contribution in [0.4, 0.5) is 4.79 Å². The number of hydrogen-bond acceptors (Lipinski definition) is 4. The molecule has 0 spiro atoms. The van der Waals surface area contributed by atoms with E-state index in [1.54, 1.807) is 14.2 Å². The number of carbonyl (C=O) groups is 1. The third-order valence-corrected chi connectivity index (χ3v) is 10.7. The van der Waals surface area contributed by atoms with Crippen molar-refractivity contribution < 1.29 is 19.1 Å². The molecular weight excluding hydrogens is 372 g/mol. The van der Waals surface area contributed by atoms with Gasteiger partial charge in [0.25, 0.3) is 0 Å². The minimum atomic E-state index is -1.80. The Morgan fingerprint density at radius 1 is 1.39 bits per heavy atom. The van der Waals surface area contributed by atoms with Gasteiger partial charge in [-0.15, -0.1) is 0 Å². The highest BCUT2D eigenvalue weighted by Gasteiger charge is 2.40. The van der Waals surface area contributed by atoms with E-state index in [4.69, 9.17) is 9.16 Å². The van der Waals surface area contributed by atoms with Gasteiger partial charge in [-0.1, -0.05) is 32.9 Å². The Bertz CT molecular complexity index is 675. The van der Waals surface area contributed by atoms with Gasteiger partial charge in [-0.25, -0.2) is 4.79 Å². The van der Waals surface area contributed by atoms with E-state index in [0.29, 0.717) is 6.54 Å². The third kappa shape index (κ3) is 5.49. The first-order chi connectivity index (χ1) is 12.9. The molecule has 1 aliphatic rings. The molecule has 2 atom stereocenters. The number of benzene rings is 1. The minimum Gasteiger partial charge on any atom is -0.497 e. The molecule has 1 N–H and O–H groups in total. The van der Waals surface area contributed by atoms with Gasteiger partial charge >= 0.3 is 6.09 Å². The Morgan fingerprint density at radius 3 is 2.64 bits per heavy atom. The number of nitrogens with zero attached hydrogens (tertiary/aromatic N) is 2. The topological polar surface area (TPSA) is 62.2 Å². The Labute approximate surface area is 170 Å². The normalized spacial score (nSPS) is 19.5. The average Bonchev–Trinajstić information content (AvgIpc) is 3.04. The van der Waals surface area contributed by atoms with Crippen LogP contribution in [0.25, 0.3) is 0 Å². The van der Waals surface area contributed by atoms with Crippen LogP contribution in [-0.2, 0) is 4.43 Å². The van der Waals surface area contributed by atoms with Crippen molar-refractivity contribution in [3.63, 3.8) is 0 Å². The van der Waals surface area contributed by atoms with E-state index in [0.717, 1.165) is 30.8 Å². The van der Waals surface area contributed by atoms with Crippen molar-refractivity contribution in [1.82, 2.24) is 9.80 Å². The van der Waals surface area contributed by atoms with Crippen LogP contribution in [0.5, 0.6) is 5.75 Å². The summed E-state index contributed by atoms with van der Waals surface area (Å²) in [7, 11) is 1.45. The number of likely N-dealkylation sites (N-methyl/N-ethyl adjacent to an activating group) is 1. The largest absolute Gasteiger partial charge is 0.497 e. The fourth-order valence-corrected chi connectivity index (χ4v) is 4.71. The maximum absolute atomic E-state index is 11.7. The highest BCUT2D eigenvalue weighted by molar-refractivity contribution is 6.74. The van der Waals surface area contributed by atoms with Gasteiger partial charge in [0.15, 0.2) is 8.32 Å². The summed E-state index contributed by atoms with van der Waals surface area (Å²) in [6.45, 7) is 13.8. The fraction of sp³-hybridized carbons (Fsp3) is 0.667. The van der Waals surface area contributed by atoms with Crippen molar-refractivity contribution in [3.05, 3.63) is 29.8 Å². The fourth-order valence-electron chi connectivity index (χ4n) is 3.33. The number of amides is 1. The quantitative estimate of drug-likeness (QED) is 0.676. The SMILES string of the molecule is COc1cccc([C@@H](CN2CCC(O[Si](C)(C)C(C)(C)C)C2)N(C)C(=O)O)c1. The maximum Gasteiger partial charge on any atom is 0.407 e. The summed E-state index contributed by atoms with van der Waals surface area (Å²) in [6, 6.07) is 7.42. The van der Waals surface area contributed by atoms with Crippen LogP contribution in [-0.4, -0.2) is 69.2 Å². The van der Waals surface area contributed by atoms with E-state index >= 15 is 0 Å². The summed E-state index contributed by atoms with van der Waals surface area (Å²) in [4.78, 5) is 15.4. The van der Waals surface area contributed by atoms with Crippen molar-refractivity contribution in [1.29, 1.82) is 0 Å². The Kier molecular flexibility index (Phi) is 7.17. The highest BCUT2D eigenvalue weighted by Crippen LogP contribution is 2.38. The Morgan fingerprint density at radius 2 is 2.07 bits per heavy atom. The van der Waals surface area contributed by atoms with Gasteiger partial charge in [-0.2, -0.15) is 0 Å². The van der Waals surface area contributed by atoms with E-state index in [2.05, 4.69) is 38.8 Å². The lowest BCUT2D eigenvalue weighted by Gasteiger charge is -2.38. The van der Waals surface area contributed by atoms with Gasteiger partial charge in [0.2, 0.25) is 0 Å². The molecule has 1 aromatic carbocycles. The summed E-state index contributed by atoms with van der Waals surface area (Å²) < 4.78 is 11.9. The molecule has 1 amide bonds. The molecule has 1 heterocycles.